The summed E-state index contributed by atoms with van der Waals surface area (Å²) in [6.45, 7) is 2.07. The fourth-order valence-corrected chi connectivity index (χ4v) is 3.18. The second-order valence-corrected chi connectivity index (χ2v) is 6.81. The highest BCUT2D eigenvalue weighted by Crippen LogP contribution is 2.31. The Balaban J connectivity index is 1.74. The fourth-order valence-electron chi connectivity index (χ4n) is 3.18. The molecule has 0 fully saturated rings. The third-order valence-electron chi connectivity index (χ3n) is 4.69. The van der Waals surface area contributed by atoms with Crippen LogP contribution < -0.4 is 5.32 Å². The molecule has 1 aliphatic rings. The van der Waals surface area contributed by atoms with Crippen molar-refractivity contribution in [3.05, 3.63) is 101 Å². The lowest BCUT2D eigenvalue weighted by atomic mass is 10.0. The van der Waals surface area contributed by atoms with Crippen LogP contribution in [0.15, 0.2) is 78.8 Å². The van der Waals surface area contributed by atoms with Crippen LogP contribution in [0, 0.1) is 12.7 Å². The molecule has 1 N–H and O–H groups in total. The molecule has 144 valence electrons. The zero-order chi connectivity index (χ0) is 20.4. The molecule has 2 aromatic carbocycles. The first-order valence-electron chi connectivity index (χ1n) is 9.12. The maximum atomic E-state index is 13.2. The number of nitrogens with zero attached hydrogens (tertiary/aromatic N) is 2. The zero-order valence-electron chi connectivity index (χ0n) is 15.7. The van der Waals surface area contributed by atoms with E-state index >= 15 is 0 Å². The van der Waals surface area contributed by atoms with E-state index in [1.54, 1.807) is 18.5 Å². The normalized spacial score (nSPS) is 13.9. The molecule has 0 aliphatic carbocycles. The minimum Gasteiger partial charge on any atom is -0.350 e. The van der Waals surface area contributed by atoms with Gasteiger partial charge in [-0.15, -0.1) is 0 Å². The summed E-state index contributed by atoms with van der Waals surface area (Å²) in [4.78, 5) is 31.6. The predicted octanol–water partition coefficient (Wildman–Crippen LogP) is 3.92. The first kappa shape index (κ1) is 18.6. The molecule has 2 amide bonds. The van der Waals surface area contributed by atoms with E-state index in [4.69, 9.17) is 0 Å². The number of nitrogens with one attached hydrogen (secondary N) is 1. The van der Waals surface area contributed by atoms with Crippen LogP contribution >= 0.6 is 0 Å². The Morgan fingerprint density at radius 2 is 1.69 bits per heavy atom. The Bertz CT molecular complexity index is 1090. The summed E-state index contributed by atoms with van der Waals surface area (Å²) in [5.74, 6) is -1.19. The largest absolute Gasteiger partial charge is 0.350 e. The number of pyridine rings is 1. The quantitative estimate of drug-likeness (QED) is 0.674. The number of carbonyl (C=O) groups excluding carboxylic acids is 2. The molecule has 5 nitrogen and oxygen atoms in total. The summed E-state index contributed by atoms with van der Waals surface area (Å²) in [5.41, 5.74) is 3.44. The molecule has 1 aromatic heterocycles. The molecule has 2 heterocycles. The minimum absolute atomic E-state index is 0.121. The number of carbonyl (C=O) groups is 2. The van der Waals surface area contributed by atoms with Crippen molar-refractivity contribution in [3.63, 3.8) is 0 Å². The molecule has 0 bridgehead atoms. The number of anilines is 1. The van der Waals surface area contributed by atoms with Gasteiger partial charge in [0.05, 0.1) is 12.1 Å². The van der Waals surface area contributed by atoms with Crippen LogP contribution in [0.4, 0.5) is 10.1 Å². The van der Waals surface area contributed by atoms with E-state index < -0.39 is 5.91 Å². The fraction of sp³-hybridized carbons (Fsp3) is 0.0870. The summed E-state index contributed by atoms with van der Waals surface area (Å²) < 4.78 is 13.2. The number of benzene rings is 2. The third kappa shape index (κ3) is 3.78. The maximum Gasteiger partial charge on any atom is 0.278 e. The molecular weight excluding hydrogens is 369 g/mol. The number of amides is 2. The van der Waals surface area contributed by atoms with E-state index in [0.717, 1.165) is 11.1 Å². The van der Waals surface area contributed by atoms with Gasteiger partial charge in [0.15, 0.2) is 0 Å². The van der Waals surface area contributed by atoms with Gasteiger partial charge in [0.2, 0.25) is 0 Å². The smallest absolute Gasteiger partial charge is 0.278 e. The van der Waals surface area contributed by atoms with Gasteiger partial charge in [-0.05, 0) is 48.4 Å². The van der Waals surface area contributed by atoms with Crippen molar-refractivity contribution in [2.24, 2.45) is 0 Å². The second kappa shape index (κ2) is 7.67. The van der Waals surface area contributed by atoms with Gasteiger partial charge in [0, 0.05) is 18.1 Å². The molecule has 0 radical (unpaired) electrons. The lowest BCUT2D eigenvalue weighted by molar-refractivity contribution is -0.137. The van der Waals surface area contributed by atoms with Gasteiger partial charge in [-0.1, -0.05) is 35.9 Å². The van der Waals surface area contributed by atoms with Gasteiger partial charge < -0.3 is 5.32 Å². The van der Waals surface area contributed by atoms with Crippen molar-refractivity contribution in [2.45, 2.75) is 13.5 Å². The van der Waals surface area contributed by atoms with Gasteiger partial charge >= 0.3 is 0 Å². The van der Waals surface area contributed by atoms with Crippen molar-refractivity contribution in [3.8, 4) is 0 Å². The maximum absolute atomic E-state index is 13.2. The van der Waals surface area contributed by atoms with Gasteiger partial charge in [-0.25, -0.2) is 4.39 Å². The van der Waals surface area contributed by atoms with E-state index in [0.29, 0.717) is 16.8 Å². The highest BCUT2D eigenvalue weighted by molar-refractivity contribution is 6.36. The summed E-state index contributed by atoms with van der Waals surface area (Å²) in [7, 11) is 0. The van der Waals surface area contributed by atoms with Gasteiger partial charge in [-0.2, -0.15) is 0 Å². The van der Waals surface area contributed by atoms with E-state index in [1.165, 1.54) is 29.2 Å². The number of rotatable bonds is 5. The Morgan fingerprint density at radius 1 is 0.966 bits per heavy atom. The lowest BCUT2D eigenvalue weighted by Crippen LogP contribution is -2.32. The van der Waals surface area contributed by atoms with Crippen LogP contribution in [-0.4, -0.2) is 21.7 Å². The third-order valence-corrected chi connectivity index (χ3v) is 4.69. The molecule has 0 saturated carbocycles. The molecule has 6 heteroatoms. The topological polar surface area (TPSA) is 62.3 Å². The number of imide groups is 1. The number of aromatic nitrogens is 1. The minimum atomic E-state index is -0.432. The van der Waals surface area contributed by atoms with E-state index in [2.05, 4.69) is 10.3 Å². The SMILES string of the molecule is Cc1ccc(C2=C(Nc3ccc(F)cc3)C(=O)N(Cc3cccnc3)C2=O)cc1. The average Bonchev–Trinajstić information content (AvgIpc) is 2.95. The van der Waals surface area contributed by atoms with Crippen molar-refractivity contribution >= 4 is 23.1 Å². The van der Waals surface area contributed by atoms with Crippen molar-refractivity contribution in [2.75, 3.05) is 5.32 Å². The van der Waals surface area contributed by atoms with E-state index in [9.17, 15) is 14.0 Å². The van der Waals surface area contributed by atoms with E-state index in [1.807, 2.05) is 37.3 Å². The Hall–Kier alpha value is -3.80. The molecule has 1 aliphatic heterocycles. The Labute approximate surface area is 167 Å². The van der Waals surface area contributed by atoms with Crippen LogP contribution in [-0.2, 0) is 16.1 Å². The summed E-state index contributed by atoms with van der Waals surface area (Å²) in [6.07, 6.45) is 3.26. The molecular formula is C23H18FN3O2. The van der Waals surface area contributed by atoms with Crippen molar-refractivity contribution < 1.29 is 14.0 Å². The van der Waals surface area contributed by atoms with Crippen LogP contribution in [0.25, 0.3) is 5.57 Å². The molecule has 0 saturated heterocycles. The molecule has 29 heavy (non-hydrogen) atoms. The summed E-state index contributed by atoms with van der Waals surface area (Å²) in [6, 6.07) is 16.6. The van der Waals surface area contributed by atoms with E-state index in [-0.39, 0.29) is 24.0 Å². The zero-order valence-corrected chi connectivity index (χ0v) is 15.7. The van der Waals surface area contributed by atoms with Gasteiger partial charge in [0.1, 0.15) is 11.5 Å². The Morgan fingerprint density at radius 3 is 2.34 bits per heavy atom. The van der Waals surface area contributed by atoms with Crippen molar-refractivity contribution in [1.29, 1.82) is 0 Å². The average molecular weight is 387 g/mol. The molecule has 0 atom stereocenters. The van der Waals surface area contributed by atoms with Crippen molar-refractivity contribution in [1.82, 2.24) is 9.88 Å². The number of hydrogen-bond acceptors (Lipinski definition) is 4. The standard InChI is InChI=1S/C23H18FN3O2/c1-15-4-6-17(7-5-15)20-21(26-19-10-8-18(24)9-11-19)23(29)27(22(20)28)14-16-3-2-12-25-13-16/h2-13,26H,14H2,1H3. The van der Waals surface area contributed by atoms with Crippen LogP contribution in [0.2, 0.25) is 0 Å². The molecule has 0 unspecified atom stereocenters. The highest BCUT2D eigenvalue weighted by atomic mass is 19.1. The summed E-state index contributed by atoms with van der Waals surface area (Å²) >= 11 is 0. The number of hydrogen-bond donors (Lipinski definition) is 1. The highest BCUT2D eigenvalue weighted by Gasteiger charge is 2.39. The number of halogens is 1. The van der Waals surface area contributed by atoms with Crippen LogP contribution in [0.1, 0.15) is 16.7 Å². The first-order valence-corrected chi connectivity index (χ1v) is 9.12. The Kier molecular flexibility index (Phi) is 4.91. The monoisotopic (exact) mass is 387 g/mol. The predicted molar refractivity (Wildman–Crippen MR) is 108 cm³/mol. The molecule has 3 aromatic rings. The number of aryl methyl sites for hydroxylation is 1. The first-order chi connectivity index (χ1) is 14.0. The summed E-state index contributed by atoms with van der Waals surface area (Å²) in [5, 5.41) is 3.01. The molecule has 4 rings (SSSR count). The second-order valence-electron chi connectivity index (χ2n) is 6.81. The van der Waals surface area contributed by atoms with Crippen LogP contribution in [0.3, 0.4) is 0 Å². The van der Waals surface area contributed by atoms with Gasteiger partial charge in [0.25, 0.3) is 11.8 Å². The molecule has 0 spiro atoms. The lowest BCUT2D eigenvalue weighted by Gasteiger charge is -2.15. The van der Waals surface area contributed by atoms with Crippen LogP contribution in [0.5, 0.6) is 0 Å². The van der Waals surface area contributed by atoms with Gasteiger partial charge in [-0.3, -0.25) is 19.5 Å².